The Bertz CT molecular complexity index is 454. The van der Waals surface area contributed by atoms with Crippen LogP contribution >= 0.6 is 0 Å². The van der Waals surface area contributed by atoms with Gasteiger partial charge in [-0.25, -0.2) is 0 Å². The van der Waals surface area contributed by atoms with Crippen molar-refractivity contribution >= 4 is 5.69 Å². The zero-order chi connectivity index (χ0) is 11.8. The molecule has 0 spiro atoms. The van der Waals surface area contributed by atoms with Crippen LogP contribution in [0.5, 0.6) is 11.5 Å². The molecule has 0 saturated heterocycles. The van der Waals surface area contributed by atoms with Gasteiger partial charge in [-0.1, -0.05) is 5.92 Å². The number of terminal acetylenes is 1. The average molecular weight is 225 g/mol. The molecule has 84 valence electrons. The molecule has 3 nitrogen and oxygen atoms in total. The van der Waals surface area contributed by atoms with E-state index in [9.17, 15) is 8.78 Å². The molecule has 0 amide bonds. The molecule has 0 fully saturated rings. The maximum Gasteiger partial charge on any atom is 0.586 e. The van der Waals surface area contributed by atoms with Crippen molar-refractivity contribution in [2.75, 3.05) is 5.32 Å². The topological polar surface area (TPSA) is 30.5 Å². The minimum Gasteiger partial charge on any atom is -0.395 e. The van der Waals surface area contributed by atoms with E-state index >= 15 is 0 Å². The Balaban J connectivity index is 2.20. The van der Waals surface area contributed by atoms with Gasteiger partial charge in [-0.3, -0.25) is 0 Å². The number of hydrogen-bond acceptors (Lipinski definition) is 3. The summed E-state index contributed by atoms with van der Waals surface area (Å²) in [5.41, 5.74) is 0.602. The normalized spacial score (nSPS) is 17.6. The number of halogens is 2. The quantitative estimate of drug-likeness (QED) is 0.784. The summed E-state index contributed by atoms with van der Waals surface area (Å²) in [4.78, 5) is 0. The fourth-order valence-electron chi connectivity index (χ4n) is 1.33. The molecule has 1 aliphatic rings. The molecule has 0 aliphatic carbocycles. The molecule has 1 aromatic rings. The smallest absolute Gasteiger partial charge is 0.395 e. The predicted octanol–water partition coefficient (Wildman–Crippen LogP) is 2.44. The summed E-state index contributed by atoms with van der Waals surface area (Å²) in [6.07, 6.45) is 1.60. The van der Waals surface area contributed by atoms with Gasteiger partial charge in [0.25, 0.3) is 0 Å². The van der Waals surface area contributed by atoms with Crippen LogP contribution in [0.15, 0.2) is 18.2 Å². The van der Waals surface area contributed by atoms with Gasteiger partial charge >= 0.3 is 6.29 Å². The van der Waals surface area contributed by atoms with Gasteiger partial charge in [-0.15, -0.1) is 15.2 Å². The average Bonchev–Trinajstić information content (AvgIpc) is 2.51. The molecule has 0 radical (unpaired) electrons. The third kappa shape index (κ3) is 2.01. The summed E-state index contributed by atoms with van der Waals surface area (Å²) in [6.45, 7) is 1.78. The Labute approximate surface area is 91.4 Å². The summed E-state index contributed by atoms with van der Waals surface area (Å²) in [5.74, 6) is 2.48. The van der Waals surface area contributed by atoms with E-state index in [0.29, 0.717) is 5.69 Å². The van der Waals surface area contributed by atoms with Crippen LogP contribution in [-0.2, 0) is 0 Å². The van der Waals surface area contributed by atoms with Crippen LogP contribution in [0.25, 0.3) is 0 Å². The first kappa shape index (κ1) is 10.6. The molecule has 2 rings (SSSR count). The highest BCUT2D eigenvalue weighted by Crippen LogP contribution is 2.42. The molecule has 16 heavy (non-hydrogen) atoms. The van der Waals surface area contributed by atoms with Crippen molar-refractivity contribution in [1.29, 1.82) is 0 Å². The molecule has 1 aliphatic heterocycles. The lowest BCUT2D eigenvalue weighted by molar-refractivity contribution is -0.286. The third-order valence-corrected chi connectivity index (χ3v) is 2.03. The predicted molar refractivity (Wildman–Crippen MR) is 54.6 cm³/mol. The van der Waals surface area contributed by atoms with E-state index in [1.807, 2.05) is 0 Å². The van der Waals surface area contributed by atoms with E-state index < -0.39 is 6.29 Å². The molecule has 5 heteroatoms. The zero-order valence-electron chi connectivity index (χ0n) is 8.46. The first-order valence-electron chi connectivity index (χ1n) is 4.63. The van der Waals surface area contributed by atoms with E-state index in [-0.39, 0.29) is 17.5 Å². The lowest BCUT2D eigenvalue weighted by Gasteiger charge is -2.09. The van der Waals surface area contributed by atoms with Gasteiger partial charge in [0.05, 0.1) is 6.04 Å². The molecular weight excluding hydrogens is 216 g/mol. The first-order valence-corrected chi connectivity index (χ1v) is 4.63. The monoisotopic (exact) mass is 225 g/mol. The van der Waals surface area contributed by atoms with Crippen LogP contribution in [0.2, 0.25) is 0 Å². The van der Waals surface area contributed by atoms with E-state index in [4.69, 9.17) is 6.42 Å². The van der Waals surface area contributed by atoms with Crippen LogP contribution in [0.4, 0.5) is 14.5 Å². The van der Waals surface area contributed by atoms with Crippen molar-refractivity contribution in [2.45, 2.75) is 19.3 Å². The van der Waals surface area contributed by atoms with Gasteiger partial charge in [-0.05, 0) is 19.1 Å². The standard InChI is InChI=1S/C11H9F2NO2/c1-3-7(2)14-8-4-5-9-10(6-8)16-11(12,13)15-9/h1,4-7,14H,2H3. The highest BCUT2D eigenvalue weighted by atomic mass is 19.3. The molecule has 0 saturated carbocycles. The summed E-state index contributed by atoms with van der Waals surface area (Å²) >= 11 is 0. The van der Waals surface area contributed by atoms with E-state index in [2.05, 4.69) is 20.7 Å². The number of rotatable bonds is 2. The van der Waals surface area contributed by atoms with E-state index in [0.717, 1.165) is 0 Å². The van der Waals surface area contributed by atoms with E-state index in [1.54, 1.807) is 13.0 Å². The van der Waals surface area contributed by atoms with Crippen molar-refractivity contribution in [3.63, 3.8) is 0 Å². The van der Waals surface area contributed by atoms with E-state index in [1.165, 1.54) is 12.1 Å². The summed E-state index contributed by atoms with van der Waals surface area (Å²) in [6, 6.07) is 4.23. The van der Waals surface area contributed by atoms with Gasteiger partial charge < -0.3 is 14.8 Å². The Morgan fingerprint density at radius 3 is 2.75 bits per heavy atom. The molecule has 1 atom stereocenters. The molecule has 1 unspecified atom stereocenters. The number of alkyl halides is 2. The molecule has 1 N–H and O–H groups in total. The maximum atomic E-state index is 12.7. The van der Waals surface area contributed by atoms with Gasteiger partial charge in [0.15, 0.2) is 11.5 Å². The molecule has 1 heterocycles. The highest BCUT2D eigenvalue weighted by Gasteiger charge is 2.43. The fraction of sp³-hybridized carbons (Fsp3) is 0.273. The van der Waals surface area contributed by atoms with Crippen molar-refractivity contribution in [3.8, 4) is 23.8 Å². The number of nitrogens with one attached hydrogen (secondary N) is 1. The molecule has 0 aromatic heterocycles. The lowest BCUT2D eigenvalue weighted by Crippen LogP contribution is -2.25. The van der Waals surface area contributed by atoms with Crippen molar-refractivity contribution < 1.29 is 18.3 Å². The first-order chi connectivity index (χ1) is 7.50. The van der Waals surface area contributed by atoms with Gasteiger partial charge in [0, 0.05) is 11.8 Å². The van der Waals surface area contributed by atoms with Gasteiger partial charge in [0.1, 0.15) is 0 Å². The van der Waals surface area contributed by atoms with Crippen LogP contribution < -0.4 is 14.8 Å². The second-order valence-electron chi connectivity index (χ2n) is 3.36. The minimum absolute atomic E-state index is 0.000721. The molecular formula is C11H9F2NO2. The number of hydrogen-bond donors (Lipinski definition) is 1. The summed E-state index contributed by atoms with van der Waals surface area (Å²) in [7, 11) is 0. The number of anilines is 1. The Kier molecular flexibility index (Phi) is 2.35. The maximum absolute atomic E-state index is 12.7. The molecule has 0 bridgehead atoms. The Hall–Kier alpha value is -1.96. The fourth-order valence-corrected chi connectivity index (χ4v) is 1.33. The largest absolute Gasteiger partial charge is 0.586 e. The second kappa shape index (κ2) is 3.56. The summed E-state index contributed by atoms with van der Waals surface area (Å²) < 4.78 is 34.0. The second-order valence-corrected chi connectivity index (χ2v) is 3.36. The van der Waals surface area contributed by atoms with Crippen LogP contribution in [-0.4, -0.2) is 12.3 Å². The van der Waals surface area contributed by atoms with Gasteiger partial charge in [-0.2, -0.15) is 0 Å². The van der Waals surface area contributed by atoms with Crippen molar-refractivity contribution in [1.82, 2.24) is 0 Å². The lowest BCUT2D eigenvalue weighted by atomic mass is 10.2. The number of benzene rings is 1. The molecule has 1 aromatic carbocycles. The Morgan fingerprint density at radius 1 is 1.38 bits per heavy atom. The van der Waals surface area contributed by atoms with Crippen LogP contribution in [0, 0.1) is 12.3 Å². The zero-order valence-corrected chi connectivity index (χ0v) is 8.46. The number of fused-ring (bicyclic) bond motifs is 1. The van der Waals surface area contributed by atoms with Crippen LogP contribution in [0.1, 0.15) is 6.92 Å². The Morgan fingerprint density at radius 2 is 2.06 bits per heavy atom. The third-order valence-electron chi connectivity index (χ3n) is 2.03. The van der Waals surface area contributed by atoms with Crippen molar-refractivity contribution in [3.05, 3.63) is 18.2 Å². The van der Waals surface area contributed by atoms with Crippen LogP contribution in [0.3, 0.4) is 0 Å². The van der Waals surface area contributed by atoms with Gasteiger partial charge in [0.2, 0.25) is 0 Å². The SMILES string of the molecule is C#CC(C)Nc1ccc2c(c1)OC(F)(F)O2. The van der Waals surface area contributed by atoms with Crippen molar-refractivity contribution in [2.24, 2.45) is 0 Å². The highest BCUT2D eigenvalue weighted by molar-refractivity contribution is 5.56. The summed E-state index contributed by atoms with van der Waals surface area (Å²) in [5, 5.41) is 2.93. The number of ether oxygens (including phenoxy) is 2. The minimum atomic E-state index is -3.58.